The number of benzene rings is 1. The van der Waals surface area contributed by atoms with Crippen molar-refractivity contribution in [2.75, 3.05) is 7.11 Å². The van der Waals surface area contributed by atoms with Crippen molar-refractivity contribution in [1.29, 1.82) is 0 Å². The molecule has 0 aliphatic heterocycles. The van der Waals surface area contributed by atoms with Crippen LogP contribution in [0.1, 0.15) is 5.56 Å². The molecule has 0 unspecified atom stereocenters. The van der Waals surface area contributed by atoms with E-state index in [4.69, 9.17) is 0 Å². The summed E-state index contributed by atoms with van der Waals surface area (Å²) in [7, 11) is -2.43. The van der Waals surface area contributed by atoms with Crippen LogP contribution in [-0.2, 0) is 14.3 Å². The molecule has 1 aromatic carbocycles. The van der Waals surface area contributed by atoms with Crippen LogP contribution in [0, 0.1) is 6.92 Å². The normalized spacial score (nSPS) is 11.6. The van der Waals surface area contributed by atoms with Crippen molar-refractivity contribution in [3.8, 4) is 0 Å². The van der Waals surface area contributed by atoms with E-state index in [9.17, 15) is 8.42 Å². The SMILES string of the molecule is COS(=O)(=O)c1cc(C)cc(Br)c1. The summed E-state index contributed by atoms with van der Waals surface area (Å²) in [6.45, 7) is 1.82. The zero-order chi connectivity index (χ0) is 10.1. The summed E-state index contributed by atoms with van der Waals surface area (Å²) >= 11 is 3.21. The highest BCUT2D eigenvalue weighted by molar-refractivity contribution is 9.10. The maximum Gasteiger partial charge on any atom is 0.296 e. The molecule has 1 rings (SSSR count). The van der Waals surface area contributed by atoms with Crippen molar-refractivity contribution in [2.45, 2.75) is 11.8 Å². The molecule has 72 valence electrons. The summed E-state index contributed by atoms with van der Waals surface area (Å²) in [5, 5.41) is 0. The first-order chi connectivity index (χ1) is 5.95. The van der Waals surface area contributed by atoms with Crippen LogP contribution in [-0.4, -0.2) is 15.5 Å². The smallest absolute Gasteiger partial charge is 0.270 e. The lowest BCUT2D eigenvalue weighted by Gasteiger charge is -2.03. The number of aryl methyl sites for hydroxylation is 1. The van der Waals surface area contributed by atoms with Crippen molar-refractivity contribution in [1.82, 2.24) is 0 Å². The predicted molar refractivity (Wildman–Crippen MR) is 53.1 cm³/mol. The van der Waals surface area contributed by atoms with Crippen molar-refractivity contribution in [3.63, 3.8) is 0 Å². The fraction of sp³-hybridized carbons (Fsp3) is 0.250. The first kappa shape index (κ1) is 10.7. The van der Waals surface area contributed by atoms with Crippen molar-refractivity contribution in [3.05, 3.63) is 28.2 Å². The van der Waals surface area contributed by atoms with Crippen LogP contribution < -0.4 is 0 Å². The average Bonchev–Trinajstić information content (AvgIpc) is 2.02. The van der Waals surface area contributed by atoms with Crippen molar-refractivity contribution < 1.29 is 12.6 Å². The van der Waals surface area contributed by atoms with Crippen LogP contribution in [0.15, 0.2) is 27.6 Å². The number of halogens is 1. The van der Waals surface area contributed by atoms with E-state index in [1.165, 1.54) is 6.07 Å². The molecule has 0 saturated heterocycles. The van der Waals surface area contributed by atoms with Crippen LogP contribution in [0.3, 0.4) is 0 Å². The van der Waals surface area contributed by atoms with Crippen molar-refractivity contribution >= 4 is 26.0 Å². The standard InChI is InChI=1S/C8H9BrO3S/c1-6-3-7(9)5-8(4-6)13(10,11)12-2/h3-5H,1-2H3. The Kier molecular flexibility index (Phi) is 3.10. The van der Waals surface area contributed by atoms with Crippen LogP contribution in [0.2, 0.25) is 0 Å². The van der Waals surface area contributed by atoms with E-state index in [1.807, 2.05) is 13.0 Å². The fourth-order valence-corrected chi connectivity index (χ4v) is 2.50. The van der Waals surface area contributed by atoms with E-state index >= 15 is 0 Å². The monoisotopic (exact) mass is 264 g/mol. The Morgan fingerprint density at radius 3 is 2.38 bits per heavy atom. The third-order valence-electron chi connectivity index (χ3n) is 1.52. The van der Waals surface area contributed by atoms with Gasteiger partial charge < -0.3 is 0 Å². The highest BCUT2D eigenvalue weighted by Crippen LogP contribution is 2.19. The van der Waals surface area contributed by atoms with Gasteiger partial charge in [0.25, 0.3) is 10.1 Å². The Morgan fingerprint density at radius 2 is 1.92 bits per heavy atom. The molecule has 13 heavy (non-hydrogen) atoms. The van der Waals surface area contributed by atoms with Gasteiger partial charge in [0.2, 0.25) is 0 Å². The second-order valence-electron chi connectivity index (χ2n) is 2.59. The topological polar surface area (TPSA) is 43.4 Å². The van der Waals surface area contributed by atoms with Gasteiger partial charge in [0, 0.05) is 4.47 Å². The lowest BCUT2D eigenvalue weighted by atomic mass is 10.2. The predicted octanol–water partition coefficient (Wildman–Crippen LogP) is 2.09. The van der Waals surface area contributed by atoms with Gasteiger partial charge in [-0.3, -0.25) is 4.18 Å². The molecule has 3 nitrogen and oxygen atoms in total. The van der Waals surface area contributed by atoms with Gasteiger partial charge in [-0.25, -0.2) is 0 Å². The summed E-state index contributed by atoms with van der Waals surface area (Å²) in [6.07, 6.45) is 0. The first-order valence-electron chi connectivity index (χ1n) is 3.53. The average molecular weight is 265 g/mol. The number of hydrogen-bond donors (Lipinski definition) is 0. The van der Waals surface area contributed by atoms with E-state index in [-0.39, 0.29) is 4.90 Å². The number of hydrogen-bond acceptors (Lipinski definition) is 3. The van der Waals surface area contributed by atoms with E-state index in [0.29, 0.717) is 0 Å². The molecule has 0 aromatic heterocycles. The van der Waals surface area contributed by atoms with Crippen LogP contribution in [0.4, 0.5) is 0 Å². The maximum absolute atomic E-state index is 11.3. The van der Waals surface area contributed by atoms with Gasteiger partial charge in [-0.15, -0.1) is 0 Å². The molecule has 0 radical (unpaired) electrons. The zero-order valence-corrected chi connectivity index (χ0v) is 9.65. The molecule has 5 heteroatoms. The molecular weight excluding hydrogens is 256 g/mol. The molecule has 0 atom stereocenters. The highest BCUT2D eigenvalue weighted by Gasteiger charge is 2.13. The van der Waals surface area contributed by atoms with E-state index in [1.54, 1.807) is 6.07 Å². The molecule has 0 amide bonds. The lowest BCUT2D eigenvalue weighted by molar-refractivity contribution is 0.397. The summed E-state index contributed by atoms with van der Waals surface area (Å²) in [4.78, 5) is 0.168. The first-order valence-corrected chi connectivity index (χ1v) is 5.73. The second-order valence-corrected chi connectivity index (χ2v) is 5.21. The third-order valence-corrected chi connectivity index (χ3v) is 3.23. The second kappa shape index (κ2) is 3.77. The Bertz CT molecular complexity index is 391. The Balaban J connectivity index is 3.32. The van der Waals surface area contributed by atoms with E-state index < -0.39 is 10.1 Å². The lowest BCUT2D eigenvalue weighted by Crippen LogP contribution is -2.02. The van der Waals surface area contributed by atoms with Gasteiger partial charge in [-0.05, 0) is 30.7 Å². The zero-order valence-electron chi connectivity index (χ0n) is 7.24. The minimum Gasteiger partial charge on any atom is -0.270 e. The molecule has 0 bridgehead atoms. The molecule has 0 fully saturated rings. The highest BCUT2D eigenvalue weighted by atomic mass is 79.9. The molecule has 0 aliphatic carbocycles. The Labute approximate surface area is 86.0 Å². The fourth-order valence-electron chi connectivity index (χ4n) is 0.943. The van der Waals surface area contributed by atoms with Gasteiger partial charge >= 0.3 is 0 Å². The Hall–Kier alpha value is -0.390. The minimum absolute atomic E-state index is 0.168. The molecule has 0 saturated carbocycles. The van der Waals surface area contributed by atoms with Crippen LogP contribution >= 0.6 is 15.9 Å². The Morgan fingerprint density at radius 1 is 1.31 bits per heavy atom. The molecule has 0 N–H and O–H groups in total. The van der Waals surface area contributed by atoms with Gasteiger partial charge in [0.05, 0.1) is 12.0 Å². The quantitative estimate of drug-likeness (QED) is 0.769. The van der Waals surface area contributed by atoms with Gasteiger partial charge in [0.15, 0.2) is 0 Å². The summed E-state index contributed by atoms with van der Waals surface area (Å²) in [6, 6.07) is 4.89. The summed E-state index contributed by atoms with van der Waals surface area (Å²) < 4.78 is 27.6. The minimum atomic E-state index is -3.57. The number of rotatable bonds is 2. The van der Waals surface area contributed by atoms with Crippen molar-refractivity contribution in [2.24, 2.45) is 0 Å². The third kappa shape index (κ3) is 2.52. The molecule has 0 spiro atoms. The largest absolute Gasteiger partial charge is 0.296 e. The molecular formula is C8H9BrO3S. The summed E-state index contributed by atoms with van der Waals surface area (Å²) in [5.41, 5.74) is 0.866. The van der Waals surface area contributed by atoms with E-state index in [0.717, 1.165) is 17.1 Å². The molecule has 0 aliphatic rings. The van der Waals surface area contributed by atoms with Crippen LogP contribution in [0.25, 0.3) is 0 Å². The van der Waals surface area contributed by atoms with Crippen LogP contribution in [0.5, 0.6) is 0 Å². The van der Waals surface area contributed by atoms with Gasteiger partial charge in [-0.2, -0.15) is 8.42 Å². The molecule has 0 heterocycles. The van der Waals surface area contributed by atoms with E-state index in [2.05, 4.69) is 20.1 Å². The summed E-state index contributed by atoms with van der Waals surface area (Å²) in [5.74, 6) is 0. The maximum atomic E-state index is 11.3. The molecule has 1 aromatic rings. The van der Waals surface area contributed by atoms with Gasteiger partial charge in [0.1, 0.15) is 0 Å². The van der Waals surface area contributed by atoms with Gasteiger partial charge in [-0.1, -0.05) is 15.9 Å².